The quantitative estimate of drug-likeness (QED) is 0.791. The molecule has 0 bridgehead atoms. The predicted molar refractivity (Wildman–Crippen MR) is 90.7 cm³/mol. The lowest BCUT2D eigenvalue weighted by molar-refractivity contribution is 0.705. The van der Waals surface area contributed by atoms with Crippen LogP contribution in [0.1, 0.15) is 39.3 Å². The van der Waals surface area contributed by atoms with E-state index < -0.39 is 8.07 Å². The predicted octanol–water partition coefficient (Wildman–Crippen LogP) is 4.86. The van der Waals surface area contributed by atoms with Gasteiger partial charge in [0.05, 0.1) is 0 Å². The lowest BCUT2D eigenvalue weighted by atomic mass is 10.1. The Hall–Kier alpha value is -1.17. The Morgan fingerprint density at radius 1 is 0.850 bits per heavy atom. The zero-order chi connectivity index (χ0) is 14.6. The van der Waals surface area contributed by atoms with E-state index in [1.165, 1.54) is 10.9 Å². The molecule has 0 aliphatic heterocycles. The highest BCUT2D eigenvalue weighted by Crippen LogP contribution is 2.46. The summed E-state index contributed by atoms with van der Waals surface area (Å²) in [4.78, 5) is 0. The third-order valence-corrected chi connectivity index (χ3v) is 6.11. The van der Waals surface area contributed by atoms with E-state index in [0.29, 0.717) is 6.04 Å². The summed E-state index contributed by atoms with van der Waals surface area (Å²) in [5.41, 5.74) is 1.35. The van der Waals surface area contributed by atoms with Gasteiger partial charge in [-0.25, -0.2) is 0 Å². The van der Waals surface area contributed by atoms with Crippen molar-refractivity contribution >= 4 is 13.4 Å². The van der Waals surface area contributed by atoms with E-state index in [-0.39, 0.29) is 5.16 Å². The number of nitrogens with one attached hydrogen (secondary N) is 1. The molecule has 2 rings (SSSR count). The van der Waals surface area contributed by atoms with Crippen molar-refractivity contribution in [3.63, 3.8) is 0 Å². The van der Waals surface area contributed by atoms with Crippen LogP contribution in [0.25, 0.3) is 0 Å². The first-order valence-electron chi connectivity index (χ1n) is 7.15. The van der Waals surface area contributed by atoms with Gasteiger partial charge >= 0.3 is 0 Å². The van der Waals surface area contributed by atoms with Gasteiger partial charge in [-0.15, -0.1) is 0 Å². The van der Waals surface area contributed by atoms with Gasteiger partial charge in [-0.2, -0.15) is 0 Å². The zero-order valence-corrected chi connectivity index (χ0v) is 13.7. The first-order chi connectivity index (χ1) is 9.48. The Bertz CT molecular complexity index is 516. The summed E-state index contributed by atoms with van der Waals surface area (Å²) in [6.45, 7) is 9.20. The SMILES string of the molecule is C[C@H](N[P@@](c1ccccc1)C(C)(C)C)c1ccccc1. The summed E-state index contributed by atoms with van der Waals surface area (Å²) in [7, 11) is -0.410. The molecule has 0 saturated heterocycles. The van der Waals surface area contributed by atoms with Crippen LogP contribution in [0.15, 0.2) is 60.7 Å². The maximum atomic E-state index is 3.85. The zero-order valence-electron chi connectivity index (χ0n) is 12.8. The molecule has 0 fully saturated rings. The molecular weight excluding hydrogens is 261 g/mol. The van der Waals surface area contributed by atoms with Gasteiger partial charge in [-0.3, -0.25) is 5.09 Å². The van der Waals surface area contributed by atoms with Crippen molar-refractivity contribution in [3.8, 4) is 0 Å². The van der Waals surface area contributed by atoms with Gasteiger partial charge in [0.1, 0.15) is 0 Å². The lowest BCUT2D eigenvalue weighted by Gasteiger charge is -2.34. The van der Waals surface area contributed by atoms with Crippen LogP contribution in [0, 0.1) is 0 Å². The summed E-state index contributed by atoms with van der Waals surface area (Å²) >= 11 is 0. The monoisotopic (exact) mass is 285 g/mol. The summed E-state index contributed by atoms with van der Waals surface area (Å²) in [5.74, 6) is 0. The molecular formula is C18H24NP. The molecule has 0 aromatic heterocycles. The van der Waals surface area contributed by atoms with E-state index in [9.17, 15) is 0 Å². The highest BCUT2D eigenvalue weighted by Gasteiger charge is 2.27. The largest absolute Gasteiger partial charge is 0.285 e. The first kappa shape index (κ1) is 15.2. The Labute approximate surface area is 124 Å². The Morgan fingerprint density at radius 3 is 1.85 bits per heavy atom. The highest BCUT2D eigenvalue weighted by molar-refractivity contribution is 7.65. The first-order valence-corrected chi connectivity index (χ1v) is 8.49. The topological polar surface area (TPSA) is 12.0 Å². The Kier molecular flexibility index (Phi) is 4.96. The van der Waals surface area contributed by atoms with Gasteiger partial charge in [0, 0.05) is 6.04 Å². The molecule has 0 radical (unpaired) electrons. The molecule has 0 aliphatic rings. The molecule has 0 aliphatic carbocycles. The van der Waals surface area contributed by atoms with Crippen LogP contribution in [0.5, 0.6) is 0 Å². The summed E-state index contributed by atoms with van der Waals surface area (Å²) < 4.78 is 0. The van der Waals surface area contributed by atoms with Crippen LogP contribution in [0.2, 0.25) is 0 Å². The maximum absolute atomic E-state index is 3.85. The van der Waals surface area contributed by atoms with Gasteiger partial charge in [-0.05, 0) is 31.0 Å². The van der Waals surface area contributed by atoms with Gasteiger partial charge in [0.15, 0.2) is 0 Å². The summed E-state index contributed by atoms with van der Waals surface area (Å²) in [6, 6.07) is 21.9. The molecule has 0 amide bonds. The molecule has 2 heteroatoms. The fourth-order valence-corrected chi connectivity index (χ4v) is 4.56. The second-order valence-corrected chi connectivity index (χ2v) is 8.89. The van der Waals surface area contributed by atoms with Gasteiger partial charge in [0.25, 0.3) is 0 Å². The van der Waals surface area contributed by atoms with Crippen molar-refractivity contribution in [2.24, 2.45) is 0 Å². The molecule has 0 unspecified atom stereocenters. The minimum atomic E-state index is -0.410. The average molecular weight is 285 g/mol. The fourth-order valence-electron chi connectivity index (χ4n) is 2.24. The van der Waals surface area contributed by atoms with Crippen molar-refractivity contribution in [1.29, 1.82) is 0 Å². The molecule has 0 saturated carbocycles. The minimum absolute atomic E-state index is 0.236. The van der Waals surface area contributed by atoms with Crippen molar-refractivity contribution in [3.05, 3.63) is 66.2 Å². The molecule has 2 atom stereocenters. The van der Waals surface area contributed by atoms with E-state index in [4.69, 9.17) is 0 Å². The molecule has 106 valence electrons. The maximum Gasteiger partial charge on any atom is 0.0330 e. The van der Waals surface area contributed by atoms with Gasteiger partial charge < -0.3 is 0 Å². The molecule has 0 heterocycles. The molecule has 20 heavy (non-hydrogen) atoms. The second kappa shape index (κ2) is 6.52. The summed E-state index contributed by atoms with van der Waals surface area (Å²) in [6.07, 6.45) is 0. The molecule has 1 N–H and O–H groups in total. The van der Waals surface area contributed by atoms with Crippen molar-refractivity contribution in [2.45, 2.75) is 38.9 Å². The van der Waals surface area contributed by atoms with Crippen LogP contribution in [0.4, 0.5) is 0 Å². The van der Waals surface area contributed by atoms with Crippen LogP contribution in [0.3, 0.4) is 0 Å². The Morgan fingerprint density at radius 2 is 1.35 bits per heavy atom. The van der Waals surface area contributed by atoms with E-state index in [1.54, 1.807) is 0 Å². The molecule has 2 aromatic carbocycles. The molecule has 1 nitrogen and oxygen atoms in total. The number of benzene rings is 2. The van der Waals surface area contributed by atoms with Crippen LogP contribution >= 0.6 is 8.07 Å². The summed E-state index contributed by atoms with van der Waals surface area (Å²) in [5, 5.41) is 5.50. The fraction of sp³-hybridized carbons (Fsp3) is 0.333. The average Bonchev–Trinajstić information content (AvgIpc) is 2.45. The molecule has 0 spiro atoms. The van der Waals surface area contributed by atoms with Gasteiger partial charge in [-0.1, -0.05) is 81.4 Å². The van der Waals surface area contributed by atoms with Crippen LogP contribution in [-0.2, 0) is 0 Å². The molecule has 2 aromatic rings. The second-order valence-electron chi connectivity index (χ2n) is 6.10. The van der Waals surface area contributed by atoms with Crippen molar-refractivity contribution in [1.82, 2.24) is 5.09 Å². The van der Waals surface area contributed by atoms with E-state index in [2.05, 4.69) is 93.4 Å². The van der Waals surface area contributed by atoms with E-state index in [1.807, 2.05) is 0 Å². The number of rotatable bonds is 4. The van der Waals surface area contributed by atoms with Crippen LogP contribution in [-0.4, -0.2) is 5.16 Å². The number of hydrogen-bond acceptors (Lipinski definition) is 1. The third kappa shape index (κ3) is 3.91. The number of hydrogen-bond donors (Lipinski definition) is 1. The van der Waals surface area contributed by atoms with Crippen LogP contribution < -0.4 is 10.4 Å². The van der Waals surface area contributed by atoms with E-state index >= 15 is 0 Å². The smallest absolute Gasteiger partial charge is 0.0330 e. The highest BCUT2D eigenvalue weighted by atomic mass is 31.1. The Balaban J connectivity index is 2.22. The minimum Gasteiger partial charge on any atom is -0.285 e. The normalized spacial score (nSPS) is 14.8. The van der Waals surface area contributed by atoms with Gasteiger partial charge in [0.2, 0.25) is 0 Å². The standard InChI is InChI=1S/C18H24NP/c1-15(16-11-7-5-8-12-16)19-20(18(2,3)4)17-13-9-6-10-14-17/h5-15,19H,1-4H3/t15-,20-/m0/s1. The third-order valence-electron chi connectivity index (χ3n) is 3.31. The van der Waals surface area contributed by atoms with Crippen molar-refractivity contribution in [2.75, 3.05) is 0 Å². The lowest BCUT2D eigenvalue weighted by Crippen LogP contribution is -2.30. The van der Waals surface area contributed by atoms with Crippen molar-refractivity contribution < 1.29 is 0 Å². The van der Waals surface area contributed by atoms with E-state index in [0.717, 1.165) is 0 Å².